The summed E-state index contributed by atoms with van der Waals surface area (Å²) in [4.78, 5) is 16.1. The maximum atomic E-state index is 12.3. The van der Waals surface area contributed by atoms with Gasteiger partial charge in [0.15, 0.2) is 0 Å². The molecule has 21 heavy (non-hydrogen) atoms. The van der Waals surface area contributed by atoms with Gasteiger partial charge in [0.05, 0.1) is 12.8 Å². The van der Waals surface area contributed by atoms with E-state index in [1.165, 1.54) is 10.6 Å². The summed E-state index contributed by atoms with van der Waals surface area (Å²) < 4.78 is 25.0. The minimum absolute atomic E-state index is 0.0288. The van der Waals surface area contributed by atoms with E-state index < -0.39 is 10.0 Å². The minimum atomic E-state index is -3.34. The van der Waals surface area contributed by atoms with Crippen LogP contribution in [0.3, 0.4) is 0 Å². The normalized spacial score (nSPS) is 20.3. The molecule has 1 amide bonds. The van der Waals surface area contributed by atoms with Crippen LogP contribution in [0.15, 0.2) is 0 Å². The molecule has 0 spiro atoms. The van der Waals surface area contributed by atoms with Crippen LogP contribution in [0, 0.1) is 5.92 Å². The quantitative estimate of drug-likeness (QED) is 0.684. The molecule has 0 aromatic heterocycles. The zero-order chi connectivity index (χ0) is 16.0. The molecule has 1 saturated heterocycles. The molecular weight excluding hydrogens is 290 g/mol. The molecule has 1 atom stereocenters. The van der Waals surface area contributed by atoms with Crippen LogP contribution in [-0.2, 0) is 14.8 Å². The zero-order valence-electron chi connectivity index (χ0n) is 13.7. The van der Waals surface area contributed by atoms with Crippen molar-refractivity contribution in [3.05, 3.63) is 0 Å². The number of carbonyl (C=O) groups is 1. The Morgan fingerprint density at radius 1 is 1.29 bits per heavy atom. The van der Waals surface area contributed by atoms with Crippen molar-refractivity contribution >= 4 is 15.9 Å². The molecule has 0 bridgehead atoms. The highest BCUT2D eigenvalue weighted by atomic mass is 32.2. The predicted molar refractivity (Wildman–Crippen MR) is 84.6 cm³/mol. The van der Waals surface area contributed by atoms with Crippen LogP contribution in [0.2, 0.25) is 0 Å². The Morgan fingerprint density at radius 2 is 1.95 bits per heavy atom. The molecule has 0 aromatic carbocycles. The van der Waals surface area contributed by atoms with E-state index in [-0.39, 0.29) is 12.5 Å². The van der Waals surface area contributed by atoms with Crippen LogP contribution in [0.25, 0.3) is 0 Å². The van der Waals surface area contributed by atoms with E-state index in [0.717, 1.165) is 38.9 Å². The van der Waals surface area contributed by atoms with E-state index in [1.807, 2.05) is 19.0 Å². The molecule has 0 aromatic rings. The first-order chi connectivity index (χ1) is 9.70. The molecule has 6 nitrogen and oxygen atoms in total. The molecule has 0 radical (unpaired) electrons. The highest BCUT2D eigenvalue weighted by molar-refractivity contribution is 7.88. The van der Waals surface area contributed by atoms with Gasteiger partial charge in [0, 0.05) is 19.6 Å². The lowest BCUT2D eigenvalue weighted by molar-refractivity contribution is -0.133. The third-order valence-electron chi connectivity index (χ3n) is 3.80. The number of rotatable bonds is 7. The van der Waals surface area contributed by atoms with E-state index in [9.17, 15) is 13.2 Å². The Hall–Kier alpha value is -0.660. The van der Waals surface area contributed by atoms with Gasteiger partial charge in [-0.25, -0.2) is 8.42 Å². The van der Waals surface area contributed by atoms with Crippen LogP contribution < -0.4 is 0 Å². The van der Waals surface area contributed by atoms with E-state index in [2.05, 4.69) is 6.92 Å². The predicted octanol–water partition coefficient (Wildman–Crippen LogP) is 0.458. The Balaban J connectivity index is 2.57. The number of sulfonamides is 1. The average Bonchev–Trinajstić information content (AvgIpc) is 2.35. The second-order valence-electron chi connectivity index (χ2n) is 6.34. The fourth-order valence-electron chi connectivity index (χ4n) is 2.59. The van der Waals surface area contributed by atoms with Gasteiger partial charge in [-0.05, 0) is 45.8 Å². The molecule has 0 N–H and O–H groups in total. The van der Waals surface area contributed by atoms with Crippen molar-refractivity contribution in [2.24, 2.45) is 5.92 Å². The maximum Gasteiger partial charge on any atom is 0.237 e. The fraction of sp³-hybridized carbons (Fsp3) is 0.929. The molecule has 1 heterocycles. The van der Waals surface area contributed by atoms with E-state index in [4.69, 9.17) is 0 Å². The van der Waals surface area contributed by atoms with Crippen molar-refractivity contribution in [1.82, 2.24) is 14.1 Å². The van der Waals surface area contributed by atoms with Crippen LogP contribution >= 0.6 is 0 Å². The summed E-state index contributed by atoms with van der Waals surface area (Å²) >= 11 is 0. The summed E-state index contributed by atoms with van der Waals surface area (Å²) in [5.74, 6) is 0.431. The molecule has 1 unspecified atom stereocenters. The molecule has 1 aliphatic heterocycles. The summed E-state index contributed by atoms with van der Waals surface area (Å²) in [6.07, 6.45) is 4.05. The standard InChI is InChI=1S/C14H29N3O3S/c1-13-7-5-9-16(11-13)14(18)12-17(21(4,19)20)10-6-8-15(2)3/h13H,5-12H2,1-4H3. The third-order valence-corrected chi connectivity index (χ3v) is 5.05. The summed E-state index contributed by atoms with van der Waals surface area (Å²) in [7, 11) is 0.556. The van der Waals surface area contributed by atoms with Gasteiger partial charge >= 0.3 is 0 Å². The number of nitrogens with zero attached hydrogens (tertiary/aromatic N) is 3. The van der Waals surface area contributed by atoms with Crippen LogP contribution in [0.5, 0.6) is 0 Å². The number of amides is 1. The first-order valence-electron chi connectivity index (χ1n) is 7.57. The average molecular weight is 319 g/mol. The summed E-state index contributed by atoms with van der Waals surface area (Å²) in [6, 6.07) is 0. The van der Waals surface area contributed by atoms with Gasteiger partial charge in [-0.1, -0.05) is 6.92 Å². The lowest BCUT2D eigenvalue weighted by Gasteiger charge is -2.32. The van der Waals surface area contributed by atoms with Crippen molar-refractivity contribution in [1.29, 1.82) is 0 Å². The first-order valence-corrected chi connectivity index (χ1v) is 9.42. The molecule has 1 rings (SSSR count). The molecule has 0 aliphatic carbocycles. The van der Waals surface area contributed by atoms with Crippen LogP contribution in [0.1, 0.15) is 26.2 Å². The molecule has 1 fully saturated rings. The zero-order valence-corrected chi connectivity index (χ0v) is 14.5. The summed E-state index contributed by atoms with van der Waals surface area (Å²) in [6.45, 7) is 4.80. The van der Waals surface area contributed by atoms with Crippen LogP contribution in [-0.4, -0.2) is 81.5 Å². The van der Waals surface area contributed by atoms with Crippen molar-refractivity contribution in [2.75, 3.05) is 53.1 Å². The summed E-state index contributed by atoms with van der Waals surface area (Å²) in [5.41, 5.74) is 0. The van der Waals surface area contributed by atoms with E-state index in [1.54, 1.807) is 4.90 Å². The number of hydrogen-bond donors (Lipinski definition) is 0. The monoisotopic (exact) mass is 319 g/mol. The fourth-order valence-corrected chi connectivity index (χ4v) is 3.40. The number of likely N-dealkylation sites (tertiary alicyclic amines) is 1. The number of hydrogen-bond acceptors (Lipinski definition) is 4. The minimum Gasteiger partial charge on any atom is -0.341 e. The van der Waals surface area contributed by atoms with Gasteiger partial charge in [0.2, 0.25) is 15.9 Å². The lowest BCUT2D eigenvalue weighted by Crippen LogP contribution is -2.46. The van der Waals surface area contributed by atoms with Gasteiger partial charge in [-0.2, -0.15) is 4.31 Å². The van der Waals surface area contributed by atoms with Gasteiger partial charge in [0.1, 0.15) is 0 Å². The lowest BCUT2D eigenvalue weighted by atomic mass is 10.0. The maximum absolute atomic E-state index is 12.3. The van der Waals surface area contributed by atoms with Gasteiger partial charge in [-0.15, -0.1) is 0 Å². The Morgan fingerprint density at radius 3 is 2.48 bits per heavy atom. The highest BCUT2D eigenvalue weighted by Gasteiger charge is 2.25. The van der Waals surface area contributed by atoms with Gasteiger partial charge in [0.25, 0.3) is 0 Å². The largest absolute Gasteiger partial charge is 0.341 e. The molecule has 7 heteroatoms. The Labute approximate surface area is 129 Å². The topological polar surface area (TPSA) is 60.9 Å². The third kappa shape index (κ3) is 6.76. The molecule has 0 saturated carbocycles. The van der Waals surface area contributed by atoms with Crippen molar-refractivity contribution in [3.63, 3.8) is 0 Å². The van der Waals surface area contributed by atoms with E-state index in [0.29, 0.717) is 12.5 Å². The second kappa shape index (κ2) is 8.10. The summed E-state index contributed by atoms with van der Waals surface area (Å²) in [5, 5.41) is 0. The van der Waals surface area contributed by atoms with Crippen molar-refractivity contribution in [3.8, 4) is 0 Å². The smallest absolute Gasteiger partial charge is 0.237 e. The van der Waals surface area contributed by atoms with Gasteiger partial charge < -0.3 is 9.80 Å². The number of carbonyl (C=O) groups excluding carboxylic acids is 1. The molecular formula is C14H29N3O3S. The second-order valence-corrected chi connectivity index (χ2v) is 8.32. The highest BCUT2D eigenvalue weighted by Crippen LogP contribution is 2.16. The molecule has 124 valence electrons. The molecule has 1 aliphatic rings. The Bertz CT molecular complexity index is 437. The SMILES string of the molecule is CC1CCCN(C(=O)CN(CCCN(C)C)S(C)(=O)=O)C1. The van der Waals surface area contributed by atoms with Gasteiger partial charge in [-0.3, -0.25) is 4.79 Å². The van der Waals surface area contributed by atoms with Crippen molar-refractivity contribution < 1.29 is 13.2 Å². The first kappa shape index (κ1) is 18.4. The number of piperidine rings is 1. The Kier molecular flexibility index (Phi) is 7.09. The van der Waals surface area contributed by atoms with E-state index >= 15 is 0 Å². The van der Waals surface area contributed by atoms with Crippen molar-refractivity contribution in [2.45, 2.75) is 26.2 Å². The van der Waals surface area contributed by atoms with Crippen LogP contribution in [0.4, 0.5) is 0 Å².